The molecule has 0 spiro atoms. The Morgan fingerprint density at radius 1 is 1.04 bits per heavy atom. The summed E-state index contributed by atoms with van der Waals surface area (Å²) in [5, 5.41) is 17.4. The summed E-state index contributed by atoms with van der Waals surface area (Å²) in [4.78, 5) is 25.0. The maximum Gasteiger partial charge on any atom is 0.276 e. The molecule has 0 saturated heterocycles. The molecule has 8 nitrogen and oxygen atoms in total. The van der Waals surface area contributed by atoms with E-state index in [1.807, 2.05) is 24.3 Å². The lowest BCUT2D eigenvalue weighted by Crippen LogP contribution is -2.24. The van der Waals surface area contributed by atoms with Gasteiger partial charge >= 0.3 is 0 Å². The first-order valence-corrected chi connectivity index (χ1v) is 8.76. The van der Waals surface area contributed by atoms with Gasteiger partial charge in [0, 0.05) is 29.2 Å². The maximum absolute atomic E-state index is 12.6. The molecule has 4 rings (SSSR count). The number of nitrogens with zero attached hydrogens (tertiary/aromatic N) is 3. The summed E-state index contributed by atoms with van der Waals surface area (Å²) in [6.07, 6.45) is 3.35. The highest BCUT2D eigenvalue weighted by Gasteiger charge is 2.16. The quantitative estimate of drug-likeness (QED) is 0.499. The zero-order valence-corrected chi connectivity index (χ0v) is 15.1. The van der Waals surface area contributed by atoms with Gasteiger partial charge in [-0.15, -0.1) is 0 Å². The number of aromatic nitrogens is 4. The van der Waals surface area contributed by atoms with Crippen LogP contribution in [-0.4, -0.2) is 31.8 Å². The van der Waals surface area contributed by atoms with Crippen molar-refractivity contribution in [2.75, 3.05) is 10.6 Å². The third-order valence-corrected chi connectivity index (χ3v) is 4.37. The second kappa shape index (κ2) is 7.36. The highest BCUT2D eigenvalue weighted by Crippen LogP contribution is 2.20. The van der Waals surface area contributed by atoms with E-state index >= 15 is 0 Å². The Kier molecular flexibility index (Phi) is 4.59. The molecule has 2 aromatic carbocycles. The first kappa shape index (κ1) is 17.5. The number of carbonyl (C=O) groups is 2. The topological polar surface area (TPSA) is 105 Å². The number of benzene rings is 2. The molecule has 1 atom stereocenters. The van der Waals surface area contributed by atoms with Crippen LogP contribution in [0.1, 0.15) is 23.5 Å². The smallest absolute Gasteiger partial charge is 0.276 e. The molecule has 0 radical (unpaired) electrons. The molecule has 0 aliphatic carbocycles. The van der Waals surface area contributed by atoms with Gasteiger partial charge in [0.1, 0.15) is 6.04 Å². The van der Waals surface area contributed by atoms with E-state index in [-0.39, 0.29) is 11.8 Å². The van der Waals surface area contributed by atoms with Crippen LogP contribution in [0.15, 0.2) is 67.0 Å². The van der Waals surface area contributed by atoms with Crippen molar-refractivity contribution < 1.29 is 9.59 Å². The Balaban J connectivity index is 1.48. The summed E-state index contributed by atoms with van der Waals surface area (Å²) >= 11 is 0. The van der Waals surface area contributed by atoms with Crippen molar-refractivity contribution in [2.24, 2.45) is 0 Å². The summed E-state index contributed by atoms with van der Waals surface area (Å²) in [6.45, 7) is 1.76. The Bertz CT molecular complexity index is 1130. The number of anilines is 2. The average molecular weight is 374 g/mol. The number of H-pyrrole nitrogens is 1. The summed E-state index contributed by atoms with van der Waals surface area (Å²) in [5.74, 6) is -0.531. The molecule has 0 aliphatic heterocycles. The van der Waals surface area contributed by atoms with Crippen molar-refractivity contribution in [3.63, 3.8) is 0 Å². The third kappa shape index (κ3) is 3.48. The van der Waals surface area contributed by atoms with Crippen molar-refractivity contribution in [3.8, 4) is 0 Å². The van der Waals surface area contributed by atoms with Gasteiger partial charge < -0.3 is 10.6 Å². The lowest BCUT2D eigenvalue weighted by atomic mass is 10.2. The minimum Gasteiger partial charge on any atom is -0.324 e. The molecule has 8 heteroatoms. The molecule has 2 amide bonds. The number of hydrogen-bond acceptors (Lipinski definition) is 4. The zero-order chi connectivity index (χ0) is 19.5. The van der Waals surface area contributed by atoms with Gasteiger partial charge in [-0.3, -0.25) is 19.4 Å². The van der Waals surface area contributed by atoms with Crippen LogP contribution in [0.25, 0.3) is 10.9 Å². The highest BCUT2D eigenvalue weighted by atomic mass is 16.2. The number of rotatable bonds is 5. The minimum atomic E-state index is -0.455. The van der Waals surface area contributed by atoms with Gasteiger partial charge in [0.25, 0.3) is 5.91 Å². The summed E-state index contributed by atoms with van der Waals surface area (Å²) in [5.41, 5.74) is 2.24. The lowest BCUT2D eigenvalue weighted by molar-refractivity contribution is -0.119. The van der Waals surface area contributed by atoms with Gasteiger partial charge in [-0.05, 0) is 37.3 Å². The number of amides is 2. The summed E-state index contributed by atoms with van der Waals surface area (Å²) in [6, 6.07) is 15.7. The number of nitrogens with one attached hydrogen (secondary N) is 3. The van der Waals surface area contributed by atoms with Gasteiger partial charge in [-0.1, -0.05) is 24.3 Å². The van der Waals surface area contributed by atoms with Crippen LogP contribution in [0.3, 0.4) is 0 Å². The van der Waals surface area contributed by atoms with Crippen molar-refractivity contribution >= 4 is 34.1 Å². The Morgan fingerprint density at radius 2 is 1.82 bits per heavy atom. The van der Waals surface area contributed by atoms with Crippen LogP contribution in [-0.2, 0) is 4.79 Å². The Hall–Kier alpha value is -3.94. The van der Waals surface area contributed by atoms with E-state index in [1.165, 1.54) is 0 Å². The van der Waals surface area contributed by atoms with Gasteiger partial charge in [0.2, 0.25) is 5.91 Å². The third-order valence-electron chi connectivity index (χ3n) is 4.37. The number of hydrogen-bond donors (Lipinski definition) is 3. The lowest BCUT2D eigenvalue weighted by Gasteiger charge is -2.13. The second-order valence-corrected chi connectivity index (χ2v) is 6.30. The van der Waals surface area contributed by atoms with E-state index in [4.69, 9.17) is 0 Å². The molecular weight excluding hydrogens is 356 g/mol. The fourth-order valence-corrected chi connectivity index (χ4v) is 2.88. The fourth-order valence-electron chi connectivity index (χ4n) is 2.88. The molecule has 3 N–H and O–H groups in total. The van der Waals surface area contributed by atoms with Crippen LogP contribution in [0.2, 0.25) is 0 Å². The van der Waals surface area contributed by atoms with E-state index in [0.717, 1.165) is 10.9 Å². The molecule has 0 aliphatic rings. The number of carbonyl (C=O) groups excluding carboxylic acids is 2. The Labute approximate surface area is 160 Å². The molecule has 2 aromatic heterocycles. The van der Waals surface area contributed by atoms with Crippen LogP contribution in [0, 0.1) is 0 Å². The van der Waals surface area contributed by atoms with Crippen LogP contribution in [0.4, 0.5) is 11.4 Å². The van der Waals surface area contributed by atoms with E-state index in [1.54, 1.807) is 54.3 Å². The predicted octanol–water partition coefficient (Wildman–Crippen LogP) is 3.21. The fraction of sp³-hybridized carbons (Fsp3) is 0.100. The summed E-state index contributed by atoms with van der Waals surface area (Å²) in [7, 11) is 0. The van der Waals surface area contributed by atoms with Crippen LogP contribution >= 0.6 is 0 Å². The molecule has 1 unspecified atom stereocenters. The molecule has 0 saturated carbocycles. The molecule has 28 heavy (non-hydrogen) atoms. The first-order chi connectivity index (χ1) is 13.6. The first-order valence-electron chi connectivity index (χ1n) is 8.76. The molecule has 0 bridgehead atoms. The van der Waals surface area contributed by atoms with Gasteiger partial charge in [-0.25, -0.2) is 0 Å². The highest BCUT2D eigenvalue weighted by molar-refractivity contribution is 6.11. The van der Waals surface area contributed by atoms with E-state index in [2.05, 4.69) is 25.9 Å². The van der Waals surface area contributed by atoms with Crippen LogP contribution in [0.5, 0.6) is 0 Å². The van der Waals surface area contributed by atoms with Gasteiger partial charge in [-0.2, -0.15) is 10.2 Å². The number of fused-ring (bicyclic) bond motifs is 1. The van der Waals surface area contributed by atoms with Crippen molar-refractivity contribution in [3.05, 3.63) is 72.7 Å². The zero-order valence-electron chi connectivity index (χ0n) is 15.1. The maximum atomic E-state index is 12.6. The molecule has 2 heterocycles. The molecule has 140 valence electrons. The van der Waals surface area contributed by atoms with Crippen molar-refractivity contribution in [1.82, 2.24) is 20.0 Å². The molecule has 4 aromatic rings. The molecular formula is C20H18N6O2. The second-order valence-electron chi connectivity index (χ2n) is 6.30. The van der Waals surface area contributed by atoms with Gasteiger partial charge in [0.15, 0.2) is 5.69 Å². The van der Waals surface area contributed by atoms with Crippen molar-refractivity contribution in [2.45, 2.75) is 13.0 Å². The normalized spacial score (nSPS) is 11.9. The Morgan fingerprint density at radius 3 is 2.61 bits per heavy atom. The van der Waals surface area contributed by atoms with E-state index in [9.17, 15) is 9.59 Å². The predicted molar refractivity (Wildman–Crippen MR) is 106 cm³/mol. The average Bonchev–Trinajstić information content (AvgIpc) is 3.37. The van der Waals surface area contributed by atoms with E-state index in [0.29, 0.717) is 17.1 Å². The van der Waals surface area contributed by atoms with Gasteiger partial charge in [0.05, 0.1) is 5.52 Å². The number of para-hydroxylation sites is 1. The number of aromatic amines is 1. The standard InChI is InChI=1S/C20H18N6O2/c1-13(26-11-5-10-21-26)19(27)22-14-6-4-7-15(12-14)23-20(28)18-16-8-2-3-9-17(16)24-25-18/h2-13H,1H3,(H,22,27)(H,23,28)(H,24,25). The summed E-state index contributed by atoms with van der Waals surface area (Å²) < 4.78 is 1.57. The van der Waals surface area contributed by atoms with Crippen LogP contribution < -0.4 is 10.6 Å². The molecule has 0 fully saturated rings. The minimum absolute atomic E-state index is 0.203. The van der Waals surface area contributed by atoms with Crippen molar-refractivity contribution in [1.29, 1.82) is 0 Å². The monoisotopic (exact) mass is 374 g/mol. The SMILES string of the molecule is CC(C(=O)Nc1cccc(NC(=O)c2n[nH]c3ccccc23)c1)n1cccn1. The van der Waals surface area contributed by atoms with E-state index < -0.39 is 6.04 Å². The largest absolute Gasteiger partial charge is 0.324 e.